The fourth-order valence-electron chi connectivity index (χ4n) is 2.66. The maximum absolute atomic E-state index is 12.6. The van der Waals surface area contributed by atoms with Crippen molar-refractivity contribution in [2.75, 3.05) is 46.4 Å². The molecule has 0 saturated heterocycles. The highest BCUT2D eigenvalue weighted by Gasteiger charge is 2.21. The van der Waals surface area contributed by atoms with Gasteiger partial charge >= 0.3 is 5.97 Å². The lowest BCUT2D eigenvalue weighted by Crippen LogP contribution is -2.42. The summed E-state index contributed by atoms with van der Waals surface area (Å²) >= 11 is 0. The molecule has 1 atom stereocenters. The summed E-state index contributed by atoms with van der Waals surface area (Å²) in [4.78, 5) is 28.4. The summed E-state index contributed by atoms with van der Waals surface area (Å²) in [7, 11) is 1.37. The number of likely N-dealkylation sites (N-methyl/N-ethyl adjacent to an activating group) is 1. The lowest BCUT2D eigenvalue weighted by Gasteiger charge is -2.28. The number of hydrogen-bond acceptors (Lipinski definition) is 5. The maximum Gasteiger partial charge on any atom is 0.310 e. The summed E-state index contributed by atoms with van der Waals surface area (Å²) < 4.78 is 10.4. The highest BCUT2D eigenvalue weighted by Crippen LogP contribution is 2.10. The Labute approximate surface area is 157 Å². The van der Waals surface area contributed by atoms with E-state index in [1.165, 1.54) is 7.11 Å². The average molecular weight is 364 g/mol. The van der Waals surface area contributed by atoms with Crippen LogP contribution in [-0.4, -0.2) is 68.1 Å². The van der Waals surface area contributed by atoms with Crippen LogP contribution < -0.4 is 4.74 Å². The van der Waals surface area contributed by atoms with E-state index < -0.39 is 0 Å². The molecule has 0 aliphatic carbocycles. The van der Waals surface area contributed by atoms with Crippen molar-refractivity contribution < 1.29 is 19.1 Å². The van der Waals surface area contributed by atoms with Gasteiger partial charge < -0.3 is 19.3 Å². The Bertz CT molecular complexity index is 532. The van der Waals surface area contributed by atoms with Crippen LogP contribution in [-0.2, 0) is 14.3 Å². The van der Waals surface area contributed by atoms with E-state index in [9.17, 15) is 9.59 Å². The van der Waals surface area contributed by atoms with Gasteiger partial charge in [0, 0.05) is 19.6 Å². The lowest BCUT2D eigenvalue weighted by atomic mass is 10.1. The largest absolute Gasteiger partial charge is 0.493 e. The average Bonchev–Trinajstić information content (AvgIpc) is 2.67. The van der Waals surface area contributed by atoms with Gasteiger partial charge in [-0.1, -0.05) is 39.0 Å². The first-order valence-corrected chi connectivity index (χ1v) is 9.27. The van der Waals surface area contributed by atoms with Crippen molar-refractivity contribution in [2.45, 2.75) is 27.2 Å². The Balaban J connectivity index is 2.59. The third-order valence-corrected chi connectivity index (χ3v) is 4.36. The highest BCUT2D eigenvalue weighted by atomic mass is 16.5. The van der Waals surface area contributed by atoms with E-state index in [1.807, 2.05) is 30.3 Å². The van der Waals surface area contributed by atoms with Gasteiger partial charge in [0.2, 0.25) is 5.91 Å². The van der Waals surface area contributed by atoms with Crippen molar-refractivity contribution in [3.05, 3.63) is 30.3 Å². The molecule has 1 aromatic carbocycles. The Kier molecular flexibility index (Phi) is 10.4. The zero-order chi connectivity index (χ0) is 19.4. The first-order chi connectivity index (χ1) is 12.5. The van der Waals surface area contributed by atoms with Crippen LogP contribution >= 0.6 is 0 Å². The van der Waals surface area contributed by atoms with E-state index in [0.717, 1.165) is 25.4 Å². The molecule has 0 aliphatic rings. The fraction of sp³-hybridized carbons (Fsp3) is 0.600. The Morgan fingerprint density at radius 3 is 2.31 bits per heavy atom. The monoisotopic (exact) mass is 364 g/mol. The Hall–Kier alpha value is -2.08. The summed E-state index contributed by atoms with van der Waals surface area (Å²) in [6.45, 7) is 9.89. The molecule has 0 N–H and O–H groups in total. The van der Waals surface area contributed by atoms with Crippen LogP contribution in [0.2, 0.25) is 0 Å². The second-order valence-corrected chi connectivity index (χ2v) is 6.20. The van der Waals surface area contributed by atoms with Crippen molar-refractivity contribution in [3.8, 4) is 5.75 Å². The molecule has 0 bridgehead atoms. The van der Waals surface area contributed by atoms with E-state index >= 15 is 0 Å². The molecule has 1 unspecified atom stereocenters. The second-order valence-electron chi connectivity index (χ2n) is 6.20. The zero-order valence-electron chi connectivity index (χ0n) is 16.4. The van der Waals surface area contributed by atoms with E-state index in [2.05, 4.69) is 18.7 Å². The minimum absolute atomic E-state index is 0.0103. The van der Waals surface area contributed by atoms with Gasteiger partial charge in [0.1, 0.15) is 5.75 Å². The van der Waals surface area contributed by atoms with Gasteiger partial charge in [0.15, 0.2) is 0 Å². The van der Waals surface area contributed by atoms with Crippen molar-refractivity contribution >= 4 is 11.9 Å². The first-order valence-electron chi connectivity index (χ1n) is 9.27. The minimum atomic E-state index is -0.351. The van der Waals surface area contributed by atoms with Crippen LogP contribution in [0, 0.1) is 5.92 Å². The number of para-hydroxylation sites is 1. The minimum Gasteiger partial charge on any atom is -0.493 e. The first kappa shape index (κ1) is 22.0. The summed E-state index contributed by atoms with van der Waals surface area (Å²) in [5.41, 5.74) is 0. The van der Waals surface area contributed by atoms with Gasteiger partial charge in [0.05, 0.1) is 26.1 Å². The molecule has 0 fully saturated rings. The number of methoxy groups -OCH3 is 1. The van der Waals surface area contributed by atoms with Gasteiger partial charge in [0.25, 0.3) is 0 Å². The van der Waals surface area contributed by atoms with Gasteiger partial charge in [-0.3, -0.25) is 9.59 Å². The van der Waals surface area contributed by atoms with E-state index in [4.69, 9.17) is 9.47 Å². The summed E-state index contributed by atoms with van der Waals surface area (Å²) in [5, 5.41) is 0. The molecule has 6 nitrogen and oxygen atoms in total. The van der Waals surface area contributed by atoms with Crippen molar-refractivity contribution in [2.24, 2.45) is 5.92 Å². The molecule has 0 aromatic heterocycles. The van der Waals surface area contributed by atoms with E-state index in [-0.39, 0.29) is 24.2 Å². The predicted molar refractivity (Wildman–Crippen MR) is 102 cm³/mol. The normalized spacial score (nSPS) is 11.9. The summed E-state index contributed by atoms with van der Waals surface area (Å²) in [6, 6.07) is 9.43. The van der Waals surface area contributed by atoms with Crippen LogP contribution in [0.4, 0.5) is 0 Å². The van der Waals surface area contributed by atoms with Crippen molar-refractivity contribution in [1.29, 1.82) is 0 Å². The predicted octanol–water partition coefficient (Wildman–Crippen LogP) is 2.43. The number of carbonyl (C=O) groups is 2. The van der Waals surface area contributed by atoms with E-state index in [1.54, 1.807) is 11.8 Å². The molecular formula is C20H32N2O4. The van der Waals surface area contributed by atoms with Crippen molar-refractivity contribution in [3.63, 3.8) is 0 Å². The molecular weight excluding hydrogens is 332 g/mol. The second kappa shape index (κ2) is 12.3. The Morgan fingerprint density at radius 2 is 1.73 bits per heavy atom. The third-order valence-electron chi connectivity index (χ3n) is 4.36. The number of esters is 1. The van der Waals surface area contributed by atoms with Gasteiger partial charge in [-0.2, -0.15) is 0 Å². The molecule has 1 amide bonds. The number of amides is 1. The third kappa shape index (κ3) is 7.87. The van der Waals surface area contributed by atoms with Crippen molar-refractivity contribution in [1.82, 2.24) is 9.80 Å². The Morgan fingerprint density at radius 1 is 1.08 bits per heavy atom. The molecule has 0 spiro atoms. The lowest BCUT2D eigenvalue weighted by molar-refractivity contribution is -0.146. The summed E-state index contributed by atoms with van der Waals surface area (Å²) in [6.07, 6.45) is 0.279. The molecule has 6 heteroatoms. The smallest absolute Gasteiger partial charge is 0.310 e. The van der Waals surface area contributed by atoms with Gasteiger partial charge in [-0.15, -0.1) is 0 Å². The number of benzene rings is 1. The molecule has 0 aliphatic heterocycles. The molecule has 146 valence electrons. The fourth-order valence-corrected chi connectivity index (χ4v) is 2.66. The topological polar surface area (TPSA) is 59.1 Å². The molecule has 0 saturated carbocycles. The highest BCUT2D eigenvalue weighted by molar-refractivity contribution is 5.78. The summed E-state index contributed by atoms with van der Waals surface area (Å²) in [5.74, 6) is 0.0867. The molecule has 1 aromatic rings. The number of ether oxygens (including phenoxy) is 2. The van der Waals surface area contributed by atoms with Crippen LogP contribution in [0.1, 0.15) is 27.2 Å². The van der Waals surface area contributed by atoms with Crippen LogP contribution in [0.25, 0.3) is 0 Å². The quantitative estimate of drug-likeness (QED) is 0.533. The SMILES string of the molecule is CCN(CC)CCN(CC(C)C(=O)OC)C(=O)CCOc1ccccc1. The van der Waals surface area contributed by atoms with Gasteiger partial charge in [-0.05, 0) is 25.2 Å². The number of carbonyl (C=O) groups excluding carboxylic acids is 2. The number of hydrogen-bond donors (Lipinski definition) is 0. The van der Waals surface area contributed by atoms with Gasteiger partial charge in [-0.25, -0.2) is 0 Å². The number of rotatable bonds is 12. The van der Waals surface area contributed by atoms with Crippen LogP contribution in [0.15, 0.2) is 30.3 Å². The number of nitrogens with zero attached hydrogens (tertiary/aromatic N) is 2. The molecule has 0 heterocycles. The maximum atomic E-state index is 12.6. The molecule has 1 rings (SSSR count). The van der Waals surface area contributed by atoms with Crippen LogP contribution in [0.5, 0.6) is 5.75 Å². The van der Waals surface area contributed by atoms with Crippen LogP contribution in [0.3, 0.4) is 0 Å². The molecule has 0 radical (unpaired) electrons. The molecule has 26 heavy (non-hydrogen) atoms. The zero-order valence-corrected chi connectivity index (χ0v) is 16.4. The standard InChI is InChI=1S/C20H32N2O4/c1-5-21(6-2)13-14-22(16-17(3)20(24)25-4)19(23)12-15-26-18-10-8-7-9-11-18/h7-11,17H,5-6,12-16H2,1-4H3. The van der Waals surface area contributed by atoms with E-state index in [0.29, 0.717) is 19.7 Å².